The Bertz CT molecular complexity index is 611. The molecule has 0 aliphatic heterocycles. The van der Waals surface area contributed by atoms with Crippen LogP contribution in [0.5, 0.6) is 17.8 Å². The van der Waals surface area contributed by atoms with E-state index in [1.54, 1.807) is 6.07 Å². The lowest BCUT2D eigenvalue weighted by Gasteiger charge is -2.09. The number of rotatable bonds is 5. The number of benzene rings is 1. The van der Waals surface area contributed by atoms with Crippen LogP contribution in [-0.4, -0.2) is 21.6 Å². The average Bonchev–Trinajstić information content (AvgIpc) is 2.42. The number of hydrazine groups is 1. The number of anilines is 1. The summed E-state index contributed by atoms with van der Waals surface area (Å²) in [6, 6.07) is 5.68. The molecular weight excluding hydrogens is 394 g/mol. The van der Waals surface area contributed by atoms with Gasteiger partial charge in [-0.1, -0.05) is 15.9 Å². The molecule has 1 heterocycles. The van der Waals surface area contributed by atoms with Crippen molar-refractivity contribution < 1.29 is 9.47 Å². The topological polar surface area (TPSA) is 95.2 Å². The predicted octanol–water partition coefficient (Wildman–Crippen LogP) is 2.87. The van der Waals surface area contributed by atoms with E-state index in [2.05, 4.69) is 52.2 Å². The van der Waals surface area contributed by atoms with Crippen molar-refractivity contribution in [2.45, 2.75) is 6.92 Å². The predicted molar refractivity (Wildman–Crippen MR) is 80.7 cm³/mol. The molecule has 0 amide bonds. The van der Waals surface area contributed by atoms with Crippen molar-refractivity contribution in [3.63, 3.8) is 0 Å². The van der Waals surface area contributed by atoms with Crippen LogP contribution >= 0.6 is 31.9 Å². The van der Waals surface area contributed by atoms with Gasteiger partial charge in [0, 0.05) is 4.47 Å². The van der Waals surface area contributed by atoms with Gasteiger partial charge in [-0.3, -0.25) is 5.43 Å². The number of nitrogens with one attached hydrogen (secondary N) is 1. The van der Waals surface area contributed by atoms with Crippen LogP contribution in [0.3, 0.4) is 0 Å². The zero-order valence-corrected chi connectivity index (χ0v) is 13.6. The Labute approximate surface area is 132 Å². The first kappa shape index (κ1) is 14.9. The molecule has 1 aromatic heterocycles. The van der Waals surface area contributed by atoms with Gasteiger partial charge < -0.3 is 9.47 Å². The van der Waals surface area contributed by atoms with E-state index in [-0.39, 0.29) is 18.0 Å². The summed E-state index contributed by atoms with van der Waals surface area (Å²) in [4.78, 5) is 12.0. The summed E-state index contributed by atoms with van der Waals surface area (Å²) in [5, 5.41) is 0. The maximum atomic E-state index is 5.59. The average molecular weight is 405 g/mol. The Hall–Kier alpha value is -1.45. The Morgan fingerprint density at radius 2 is 1.95 bits per heavy atom. The molecule has 9 heteroatoms. The van der Waals surface area contributed by atoms with Crippen molar-refractivity contribution in [1.29, 1.82) is 0 Å². The summed E-state index contributed by atoms with van der Waals surface area (Å²) in [5.41, 5.74) is 2.33. The molecule has 3 N–H and O–H groups in total. The molecule has 0 bridgehead atoms. The van der Waals surface area contributed by atoms with E-state index in [0.717, 1.165) is 8.95 Å². The van der Waals surface area contributed by atoms with Gasteiger partial charge in [-0.05, 0) is 41.1 Å². The van der Waals surface area contributed by atoms with Gasteiger partial charge in [0.1, 0.15) is 5.75 Å². The van der Waals surface area contributed by atoms with E-state index in [4.69, 9.17) is 15.3 Å². The second kappa shape index (κ2) is 6.82. The van der Waals surface area contributed by atoms with Crippen LogP contribution in [0.4, 0.5) is 5.95 Å². The molecular formula is C11H11Br2N5O2. The van der Waals surface area contributed by atoms with Gasteiger partial charge in [-0.15, -0.1) is 4.98 Å². The molecule has 0 fully saturated rings. The van der Waals surface area contributed by atoms with Gasteiger partial charge in [0.2, 0.25) is 5.95 Å². The molecule has 0 aliphatic rings. The fourth-order valence-electron chi connectivity index (χ4n) is 1.30. The second-order valence-electron chi connectivity index (χ2n) is 3.48. The third-order valence-electron chi connectivity index (χ3n) is 2.09. The van der Waals surface area contributed by atoms with E-state index < -0.39 is 0 Å². The van der Waals surface area contributed by atoms with Crippen molar-refractivity contribution >= 4 is 37.8 Å². The number of nitrogens with zero attached hydrogens (tertiary/aromatic N) is 3. The molecule has 0 aliphatic carbocycles. The molecule has 1 aromatic carbocycles. The van der Waals surface area contributed by atoms with E-state index in [0.29, 0.717) is 12.4 Å². The summed E-state index contributed by atoms with van der Waals surface area (Å²) >= 11 is 6.76. The number of halogens is 2. The number of aromatic nitrogens is 3. The number of nitrogen functional groups attached to an aromatic ring is 1. The lowest BCUT2D eigenvalue weighted by atomic mass is 10.3. The summed E-state index contributed by atoms with van der Waals surface area (Å²) in [7, 11) is 0. The Balaban J connectivity index is 2.29. The SMILES string of the molecule is CCOc1nc(NN)nc(Oc2ccc(Br)cc2Br)n1. The van der Waals surface area contributed by atoms with Crippen LogP contribution in [0, 0.1) is 0 Å². The molecule has 106 valence electrons. The Kier molecular flexibility index (Phi) is 5.10. The zero-order chi connectivity index (χ0) is 14.5. The number of hydrogen-bond acceptors (Lipinski definition) is 7. The summed E-state index contributed by atoms with van der Waals surface area (Å²) in [6.45, 7) is 2.25. The van der Waals surface area contributed by atoms with Crippen LogP contribution in [0.15, 0.2) is 27.1 Å². The second-order valence-corrected chi connectivity index (χ2v) is 5.25. The molecule has 0 saturated heterocycles. The number of hydrogen-bond donors (Lipinski definition) is 2. The lowest BCUT2D eigenvalue weighted by Crippen LogP contribution is -2.12. The molecule has 7 nitrogen and oxygen atoms in total. The Morgan fingerprint density at radius 3 is 2.60 bits per heavy atom. The van der Waals surface area contributed by atoms with Crippen molar-refractivity contribution in [1.82, 2.24) is 15.0 Å². The van der Waals surface area contributed by atoms with E-state index >= 15 is 0 Å². The quantitative estimate of drug-likeness (QED) is 0.584. The van der Waals surface area contributed by atoms with Gasteiger partial charge in [-0.25, -0.2) is 5.84 Å². The standard InChI is InChI=1S/C11H11Br2N5O2/c1-2-19-10-15-9(18-14)16-11(17-10)20-8-4-3-6(12)5-7(8)13/h3-5H,2,14H2,1H3,(H,15,16,17,18). The minimum absolute atomic E-state index is 0.0828. The molecule has 0 spiro atoms. The Morgan fingerprint density at radius 1 is 1.20 bits per heavy atom. The fraction of sp³-hybridized carbons (Fsp3) is 0.182. The lowest BCUT2D eigenvalue weighted by molar-refractivity contribution is 0.303. The molecule has 0 unspecified atom stereocenters. The molecule has 20 heavy (non-hydrogen) atoms. The smallest absolute Gasteiger partial charge is 0.330 e. The number of nitrogens with two attached hydrogens (primary N) is 1. The van der Waals surface area contributed by atoms with Gasteiger partial charge in [0.15, 0.2) is 0 Å². The maximum absolute atomic E-state index is 5.59. The van der Waals surface area contributed by atoms with Gasteiger partial charge in [-0.2, -0.15) is 9.97 Å². The highest BCUT2D eigenvalue weighted by Gasteiger charge is 2.10. The highest BCUT2D eigenvalue weighted by atomic mass is 79.9. The minimum Gasteiger partial charge on any atom is -0.464 e. The van der Waals surface area contributed by atoms with Crippen LogP contribution in [0.1, 0.15) is 6.92 Å². The summed E-state index contributed by atoms with van der Waals surface area (Å²) in [5.74, 6) is 6.02. The molecule has 0 radical (unpaired) electrons. The maximum Gasteiger partial charge on any atom is 0.330 e. The molecule has 0 saturated carbocycles. The van der Waals surface area contributed by atoms with Crippen molar-refractivity contribution in [3.05, 3.63) is 27.1 Å². The summed E-state index contributed by atoms with van der Waals surface area (Å²) in [6.07, 6.45) is 0. The van der Waals surface area contributed by atoms with Crippen molar-refractivity contribution in [2.24, 2.45) is 5.84 Å². The largest absolute Gasteiger partial charge is 0.464 e. The van der Waals surface area contributed by atoms with E-state index in [1.165, 1.54) is 0 Å². The van der Waals surface area contributed by atoms with Crippen molar-refractivity contribution in [3.8, 4) is 17.8 Å². The first-order valence-electron chi connectivity index (χ1n) is 5.60. The zero-order valence-electron chi connectivity index (χ0n) is 10.4. The third kappa shape index (κ3) is 3.78. The normalized spacial score (nSPS) is 10.2. The van der Waals surface area contributed by atoms with Crippen LogP contribution in [0.2, 0.25) is 0 Å². The van der Waals surface area contributed by atoms with E-state index in [1.807, 2.05) is 19.1 Å². The molecule has 2 rings (SSSR count). The molecule has 0 atom stereocenters. The number of ether oxygens (including phenoxy) is 2. The summed E-state index contributed by atoms with van der Waals surface area (Å²) < 4.78 is 12.5. The van der Waals surface area contributed by atoms with Crippen molar-refractivity contribution in [2.75, 3.05) is 12.0 Å². The van der Waals surface area contributed by atoms with Gasteiger partial charge in [0.25, 0.3) is 0 Å². The third-order valence-corrected chi connectivity index (χ3v) is 3.21. The van der Waals surface area contributed by atoms with Crippen LogP contribution in [0.25, 0.3) is 0 Å². The van der Waals surface area contributed by atoms with Gasteiger partial charge >= 0.3 is 12.0 Å². The highest BCUT2D eigenvalue weighted by Crippen LogP contribution is 2.31. The monoisotopic (exact) mass is 403 g/mol. The van der Waals surface area contributed by atoms with Crippen LogP contribution < -0.4 is 20.7 Å². The molecule has 2 aromatic rings. The first-order chi connectivity index (χ1) is 9.62. The minimum atomic E-state index is 0.0828. The van der Waals surface area contributed by atoms with Crippen LogP contribution in [-0.2, 0) is 0 Å². The van der Waals surface area contributed by atoms with Gasteiger partial charge in [0.05, 0.1) is 11.1 Å². The first-order valence-corrected chi connectivity index (χ1v) is 7.19. The van der Waals surface area contributed by atoms with E-state index in [9.17, 15) is 0 Å². The highest BCUT2D eigenvalue weighted by molar-refractivity contribution is 9.11. The fourth-order valence-corrected chi connectivity index (χ4v) is 2.43.